The van der Waals surface area contributed by atoms with Gasteiger partial charge in [-0.15, -0.1) is 0 Å². The van der Waals surface area contributed by atoms with Crippen LogP contribution in [-0.4, -0.2) is 32.3 Å². The van der Waals surface area contributed by atoms with Crippen molar-refractivity contribution in [1.82, 2.24) is 0 Å². The molecule has 2 aromatic rings. The van der Waals surface area contributed by atoms with Crippen molar-refractivity contribution in [2.45, 2.75) is 12.5 Å². The molecule has 1 unspecified atom stereocenters. The summed E-state index contributed by atoms with van der Waals surface area (Å²) in [6.07, 6.45) is 1.28. The Hall–Kier alpha value is -1.72. The summed E-state index contributed by atoms with van der Waals surface area (Å²) in [6.45, 7) is 0. The summed E-state index contributed by atoms with van der Waals surface area (Å²) in [7, 11) is -3.10. The molecule has 0 heterocycles. The van der Waals surface area contributed by atoms with Crippen LogP contribution in [0, 0.1) is 0 Å². The van der Waals surface area contributed by atoms with Gasteiger partial charge < -0.3 is 5.73 Å². The summed E-state index contributed by atoms with van der Waals surface area (Å²) in [4.78, 5) is 12.2. The smallest absolute Gasteiger partial charge is 0.179 e. The van der Waals surface area contributed by atoms with Crippen LogP contribution in [0.15, 0.2) is 42.5 Å². The fourth-order valence-corrected chi connectivity index (χ4v) is 2.71. The third-order valence-corrected chi connectivity index (χ3v) is 4.15. The lowest BCUT2D eigenvalue weighted by Gasteiger charge is -2.10. The molecule has 2 N–H and O–H groups in total. The lowest BCUT2D eigenvalue weighted by molar-refractivity contribution is 0.0960. The number of hydrogen-bond acceptors (Lipinski definition) is 4. The number of ketones is 1. The van der Waals surface area contributed by atoms with Crippen LogP contribution in [0.4, 0.5) is 0 Å². The lowest BCUT2D eigenvalue weighted by Crippen LogP contribution is -2.32. The second-order valence-corrected chi connectivity index (χ2v) is 7.21. The SMILES string of the molecule is CS(=O)(=O)CCC(N)C(=O)c1ccc2ccccc2c1. The third kappa shape index (κ3) is 3.65. The molecule has 0 aromatic heterocycles. The van der Waals surface area contributed by atoms with Crippen molar-refractivity contribution < 1.29 is 13.2 Å². The number of sulfone groups is 1. The average Bonchev–Trinajstić information content (AvgIpc) is 2.42. The van der Waals surface area contributed by atoms with E-state index < -0.39 is 15.9 Å². The molecule has 20 heavy (non-hydrogen) atoms. The van der Waals surface area contributed by atoms with Gasteiger partial charge in [-0.3, -0.25) is 4.79 Å². The van der Waals surface area contributed by atoms with E-state index in [1.807, 2.05) is 30.3 Å². The van der Waals surface area contributed by atoms with Crippen LogP contribution in [0.5, 0.6) is 0 Å². The molecule has 0 aliphatic rings. The van der Waals surface area contributed by atoms with Gasteiger partial charge in [0.2, 0.25) is 0 Å². The Morgan fingerprint density at radius 2 is 1.80 bits per heavy atom. The highest BCUT2D eigenvalue weighted by molar-refractivity contribution is 7.90. The number of carbonyl (C=O) groups is 1. The van der Waals surface area contributed by atoms with Gasteiger partial charge in [-0.05, 0) is 23.3 Å². The van der Waals surface area contributed by atoms with Crippen molar-refractivity contribution in [3.63, 3.8) is 0 Å². The minimum absolute atomic E-state index is 0.0759. The van der Waals surface area contributed by atoms with Crippen molar-refractivity contribution in [3.05, 3.63) is 48.0 Å². The standard InChI is InChI=1S/C15H17NO3S/c1-20(18,19)9-8-14(16)15(17)13-7-6-11-4-2-3-5-12(11)10-13/h2-7,10,14H,8-9,16H2,1H3. The Labute approximate surface area is 118 Å². The normalized spacial score (nSPS) is 13.3. The molecule has 0 bridgehead atoms. The molecule has 2 rings (SSSR count). The lowest BCUT2D eigenvalue weighted by atomic mass is 10.00. The number of benzene rings is 2. The maximum Gasteiger partial charge on any atom is 0.179 e. The predicted molar refractivity (Wildman–Crippen MR) is 80.6 cm³/mol. The molecule has 5 heteroatoms. The van der Waals surface area contributed by atoms with Gasteiger partial charge in [-0.1, -0.05) is 36.4 Å². The zero-order chi connectivity index (χ0) is 14.8. The summed E-state index contributed by atoms with van der Waals surface area (Å²) >= 11 is 0. The molecule has 0 aliphatic heterocycles. The van der Waals surface area contributed by atoms with Crippen LogP contribution < -0.4 is 5.73 Å². The van der Waals surface area contributed by atoms with Gasteiger partial charge >= 0.3 is 0 Å². The van der Waals surface area contributed by atoms with E-state index in [4.69, 9.17) is 5.73 Å². The van der Waals surface area contributed by atoms with Gasteiger partial charge in [0.1, 0.15) is 9.84 Å². The van der Waals surface area contributed by atoms with Crippen molar-refractivity contribution in [2.75, 3.05) is 12.0 Å². The molecule has 2 aromatic carbocycles. The van der Waals surface area contributed by atoms with Gasteiger partial charge in [0, 0.05) is 11.8 Å². The number of carbonyl (C=O) groups excluding carboxylic acids is 1. The Balaban J connectivity index is 2.18. The van der Waals surface area contributed by atoms with E-state index in [9.17, 15) is 13.2 Å². The first-order valence-corrected chi connectivity index (χ1v) is 8.39. The average molecular weight is 291 g/mol. The monoisotopic (exact) mass is 291 g/mol. The van der Waals surface area contributed by atoms with E-state index in [0.717, 1.165) is 17.0 Å². The van der Waals surface area contributed by atoms with Crippen molar-refractivity contribution in [1.29, 1.82) is 0 Å². The molecule has 0 spiro atoms. The van der Waals surface area contributed by atoms with E-state index in [1.165, 1.54) is 0 Å². The zero-order valence-electron chi connectivity index (χ0n) is 11.2. The molecule has 0 radical (unpaired) electrons. The minimum Gasteiger partial charge on any atom is -0.321 e. The van der Waals surface area contributed by atoms with Crippen LogP contribution in [-0.2, 0) is 9.84 Å². The van der Waals surface area contributed by atoms with E-state index in [-0.39, 0.29) is 18.0 Å². The van der Waals surface area contributed by atoms with Crippen LogP contribution >= 0.6 is 0 Å². The Morgan fingerprint density at radius 3 is 2.45 bits per heavy atom. The van der Waals surface area contributed by atoms with Gasteiger partial charge in [-0.2, -0.15) is 0 Å². The number of rotatable bonds is 5. The molecule has 0 aliphatic carbocycles. The molecular weight excluding hydrogens is 274 g/mol. The number of Topliss-reactive ketones (excluding diaryl/α,β-unsaturated/α-hetero) is 1. The second-order valence-electron chi connectivity index (χ2n) is 4.95. The highest BCUT2D eigenvalue weighted by atomic mass is 32.2. The predicted octanol–water partition coefficient (Wildman–Crippen LogP) is 1.78. The van der Waals surface area contributed by atoms with Gasteiger partial charge in [-0.25, -0.2) is 8.42 Å². The van der Waals surface area contributed by atoms with Crippen molar-refractivity contribution in [2.24, 2.45) is 5.73 Å². The molecule has 106 valence electrons. The molecular formula is C15H17NO3S. The fourth-order valence-electron chi connectivity index (χ4n) is 2.03. The van der Waals surface area contributed by atoms with E-state index >= 15 is 0 Å². The Kier molecular flexibility index (Phi) is 4.20. The van der Waals surface area contributed by atoms with Crippen LogP contribution in [0.1, 0.15) is 16.8 Å². The summed E-state index contributed by atoms with van der Waals surface area (Å²) in [5.74, 6) is -0.299. The van der Waals surface area contributed by atoms with E-state index in [1.54, 1.807) is 12.1 Å². The first kappa shape index (κ1) is 14.7. The highest BCUT2D eigenvalue weighted by Gasteiger charge is 2.17. The summed E-state index contributed by atoms with van der Waals surface area (Å²) in [6, 6.07) is 12.3. The summed E-state index contributed by atoms with van der Waals surface area (Å²) < 4.78 is 22.2. The zero-order valence-corrected chi connectivity index (χ0v) is 12.1. The first-order valence-electron chi connectivity index (χ1n) is 6.33. The molecule has 0 saturated heterocycles. The fraction of sp³-hybridized carbons (Fsp3) is 0.267. The second kappa shape index (κ2) is 5.73. The molecule has 0 fully saturated rings. The summed E-state index contributed by atoms with van der Waals surface area (Å²) in [5.41, 5.74) is 6.30. The molecule has 0 amide bonds. The van der Waals surface area contributed by atoms with Crippen molar-refractivity contribution in [3.8, 4) is 0 Å². The third-order valence-electron chi connectivity index (χ3n) is 3.17. The van der Waals surface area contributed by atoms with E-state index in [2.05, 4.69) is 0 Å². The van der Waals surface area contributed by atoms with Crippen LogP contribution in [0.2, 0.25) is 0 Å². The largest absolute Gasteiger partial charge is 0.321 e. The Bertz CT molecular complexity index is 738. The topological polar surface area (TPSA) is 77.2 Å². The maximum atomic E-state index is 12.2. The Morgan fingerprint density at radius 1 is 1.15 bits per heavy atom. The van der Waals surface area contributed by atoms with Gasteiger partial charge in [0.25, 0.3) is 0 Å². The first-order chi connectivity index (χ1) is 9.37. The summed E-state index contributed by atoms with van der Waals surface area (Å²) in [5, 5.41) is 2.02. The maximum absolute atomic E-state index is 12.2. The minimum atomic E-state index is -3.10. The molecule has 0 saturated carbocycles. The number of fused-ring (bicyclic) bond motifs is 1. The molecule has 4 nitrogen and oxygen atoms in total. The van der Waals surface area contributed by atoms with Crippen molar-refractivity contribution >= 4 is 26.4 Å². The van der Waals surface area contributed by atoms with Crippen LogP contribution in [0.25, 0.3) is 10.8 Å². The number of nitrogens with two attached hydrogens (primary N) is 1. The van der Waals surface area contributed by atoms with Gasteiger partial charge in [0.15, 0.2) is 5.78 Å². The number of hydrogen-bond donors (Lipinski definition) is 1. The van der Waals surface area contributed by atoms with Gasteiger partial charge in [0.05, 0.1) is 11.8 Å². The quantitative estimate of drug-likeness (QED) is 0.852. The molecule has 1 atom stereocenters. The van der Waals surface area contributed by atoms with E-state index in [0.29, 0.717) is 5.56 Å². The van der Waals surface area contributed by atoms with Crippen LogP contribution in [0.3, 0.4) is 0 Å². The highest BCUT2D eigenvalue weighted by Crippen LogP contribution is 2.17.